The molecule has 3 N–H and O–H groups in total. The van der Waals surface area contributed by atoms with E-state index in [0.29, 0.717) is 38.6 Å². The summed E-state index contributed by atoms with van der Waals surface area (Å²) in [5.74, 6) is -1.93. The Labute approximate surface area is 243 Å². The van der Waals surface area contributed by atoms with Crippen LogP contribution in [-0.2, 0) is 29.1 Å². The van der Waals surface area contributed by atoms with Gasteiger partial charge in [0.1, 0.15) is 23.2 Å². The molecule has 4 aliphatic rings. The lowest BCUT2D eigenvalue weighted by molar-refractivity contribution is -0.142. The highest BCUT2D eigenvalue weighted by molar-refractivity contribution is 7.91. The van der Waals surface area contributed by atoms with E-state index >= 15 is 0 Å². The molecule has 0 unspecified atom stereocenters. The number of carbonyl (C=O) groups is 4. The lowest BCUT2D eigenvalue weighted by Crippen LogP contribution is -2.59. The standard InChI is InChI=1S/C29H46N4O7S/c1-18-10-7-8-11-20-17-29(20,25(36)32-41(38,39)28(6)13-14-28)31-23(34)21-12-9-15-33(21)24(35)22(19(2)16-18)30-26(37)40-27(3,4)5/h8,11,18-22H,7,9-10,12-17H2,1-6H3,(H,30,37)(H,31,34)(H,32,36)/b11-8-/t18-,19+,20+,21-,22-,29+/m0/s1. The van der Waals surface area contributed by atoms with E-state index in [2.05, 4.69) is 22.3 Å². The zero-order valence-corrected chi connectivity index (χ0v) is 25.9. The van der Waals surface area contributed by atoms with Crippen molar-refractivity contribution >= 4 is 33.8 Å². The van der Waals surface area contributed by atoms with Crippen molar-refractivity contribution in [2.75, 3.05) is 6.54 Å². The van der Waals surface area contributed by atoms with Gasteiger partial charge in [-0.25, -0.2) is 13.2 Å². The minimum absolute atomic E-state index is 0.219. The molecule has 2 heterocycles. The van der Waals surface area contributed by atoms with E-state index in [9.17, 15) is 27.6 Å². The second kappa shape index (κ2) is 11.2. The van der Waals surface area contributed by atoms with Crippen LogP contribution in [0.15, 0.2) is 12.2 Å². The van der Waals surface area contributed by atoms with Crippen molar-refractivity contribution in [2.24, 2.45) is 17.8 Å². The summed E-state index contributed by atoms with van der Waals surface area (Å²) < 4.78 is 32.4. The highest BCUT2D eigenvalue weighted by atomic mass is 32.2. The predicted octanol–water partition coefficient (Wildman–Crippen LogP) is 2.76. The highest BCUT2D eigenvalue weighted by Crippen LogP contribution is 2.47. The first kappa shape index (κ1) is 31.3. The van der Waals surface area contributed by atoms with Crippen LogP contribution in [0.3, 0.4) is 0 Å². The molecule has 0 bridgehead atoms. The van der Waals surface area contributed by atoms with Crippen LogP contribution in [0.4, 0.5) is 4.79 Å². The lowest BCUT2D eigenvalue weighted by Gasteiger charge is -2.33. The molecule has 6 atom stereocenters. The van der Waals surface area contributed by atoms with E-state index in [1.807, 2.05) is 19.1 Å². The van der Waals surface area contributed by atoms with Crippen LogP contribution in [-0.4, -0.2) is 71.6 Å². The van der Waals surface area contributed by atoms with Gasteiger partial charge in [-0.1, -0.05) is 26.0 Å². The molecule has 0 aromatic heterocycles. The third-order valence-corrected chi connectivity index (χ3v) is 11.1. The van der Waals surface area contributed by atoms with Crippen molar-refractivity contribution in [3.63, 3.8) is 0 Å². The number of carbonyl (C=O) groups excluding carboxylic acids is 4. The van der Waals surface area contributed by atoms with E-state index in [4.69, 9.17) is 4.74 Å². The van der Waals surface area contributed by atoms with E-state index in [1.165, 1.54) is 4.90 Å². The summed E-state index contributed by atoms with van der Waals surface area (Å²) in [6, 6.07) is -1.73. The minimum Gasteiger partial charge on any atom is -0.444 e. The van der Waals surface area contributed by atoms with Gasteiger partial charge in [0, 0.05) is 12.5 Å². The van der Waals surface area contributed by atoms with Gasteiger partial charge in [-0.05, 0) is 90.9 Å². The Morgan fingerprint density at radius 3 is 2.46 bits per heavy atom. The maximum absolute atomic E-state index is 13.9. The minimum atomic E-state index is -3.89. The molecule has 3 fully saturated rings. The summed E-state index contributed by atoms with van der Waals surface area (Å²) in [6.07, 6.45) is 7.63. The summed E-state index contributed by atoms with van der Waals surface area (Å²) >= 11 is 0. The molecule has 0 aromatic rings. The van der Waals surface area contributed by atoms with Gasteiger partial charge in [0.2, 0.25) is 21.8 Å². The summed E-state index contributed by atoms with van der Waals surface area (Å²) in [6.45, 7) is 11.2. The Kier molecular flexibility index (Phi) is 8.57. The second-order valence-electron chi connectivity index (χ2n) is 13.8. The number of nitrogens with zero attached hydrogens (tertiary/aromatic N) is 1. The van der Waals surface area contributed by atoms with E-state index in [1.54, 1.807) is 27.7 Å². The van der Waals surface area contributed by atoms with Crippen molar-refractivity contribution in [1.29, 1.82) is 0 Å². The molecular formula is C29H46N4O7S. The first-order chi connectivity index (χ1) is 19.0. The van der Waals surface area contributed by atoms with Gasteiger partial charge < -0.3 is 20.3 Å². The topological polar surface area (TPSA) is 151 Å². The fourth-order valence-corrected chi connectivity index (χ4v) is 7.27. The van der Waals surface area contributed by atoms with Gasteiger partial charge >= 0.3 is 6.09 Å². The second-order valence-corrected chi connectivity index (χ2v) is 16.0. The zero-order chi connectivity index (χ0) is 30.4. The normalized spacial score (nSPS) is 34.6. The number of allylic oxidation sites excluding steroid dienone is 1. The molecule has 0 spiro atoms. The Balaban J connectivity index is 1.60. The first-order valence-corrected chi connectivity index (χ1v) is 16.3. The number of alkyl carbamates (subject to hydrolysis) is 1. The van der Waals surface area contributed by atoms with Gasteiger partial charge in [0.15, 0.2) is 0 Å². The third-order valence-electron chi connectivity index (χ3n) is 8.91. The molecule has 0 radical (unpaired) electrons. The van der Waals surface area contributed by atoms with Crippen LogP contribution in [0.2, 0.25) is 0 Å². The average Bonchev–Trinajstić information content (AvgIpc) is 3.71. The van der Waals surface area contributed by atoms with Crippen LogP contribution in [0.1, 0.15) is 92.9 Å². The molecule has 4 amide bonds. The number of ether oxygens (including phenoxy) is 1. The van der Waals surface area contributed by atoms with Crippen molar-refractivity contribution in [3.8, 4) is 0 Å². The maximum atomic E-state index is 13.9. The van der Waals surface area contributed by atoms with E-state index in [-0.39, 0.29) is 30.1 Å². The van der Waals surface area contributed by atoms with Crippen molar-refractivity contribution in [2.45, 2.75) is 121 Å². The van der Waals surface area contributed by atoms with Crippen LogP contribution in [0, 0.1) is 17.8 Å². The molecule has 2 aliphatic heterocycles. The van der Waals surface area contributed by atoms with Crippen molar-refractivity contribution < 1.29 is 32.3 Å². The average molecular weight is 595 g/mol. The fraction of sp³-hybridized carbons (Fsp3) is 0.793. The third kappa shape index (κ3) is 6.89. The van der Waals surface area contributed by atoms with Crippen LogP contribution in [0.25, 0.3) is 0 Å². The summed E-state index contributed by atoms with van der Waals surface area (Å²) in [4.78, 5) is 55.3. The molecule has 12 heteroatoms. The number of rotatable bonds is 4. The summed E-state index contributed by atoms with van der Waals surface area (Å²) in [5.41, 5.74) is -2.14. The van der Waals surface area contributed by atoms with Gasteiger partial charge in [0.25, 0.3) is 5.91 Å². The van der Waals surface area contributed by atoms with Gasteiger partial charge in [-0.2, -0.15) is 0 Å². The van der Waals surface area contributed by atoms with Gasteiger partial charge in [-0.3, -0.25) is 19.1 Å². The molecule has 1 saturated heterocycles. The predicted molar refractivity (Wildman–Crippen MR) is 153 cm³/mol. The van der Waals surface area contributed by atoms with Crippen LogP contribution < -0.4 is 15.4 Å². The Bertz CT molecular complexity index is 1210. The van der Waals surface area contributed by atoms with Crippen LogP contribution in [0.5, 0.6) is 0 Å². The Hall–Kier alpha value is -2.63. The molecule has 2 saturated carbocycles. The maximum Gasteiger partial charge on any atom is 0.408 e. The monoisotopic (exact) mass is 594 g/mol. The quantitative estimate of drug-likeness (QED) is 0.424. The number of fused-ring (bicyclic) bond motifs is 2. The number of hydrogen-bond acceptors (Lipinski definition) is 7. The first-order valence-electron chi connectivity index (χ1n) is 14.8. The lowest BCUT2D eigenvalue weighted by atomic mass is 9.88. The zero-order valence-electron chi connectivity index (χ0n) is 25.1. The highest BCUT2D eigenvalue weighted by Gasteiger charge is 2.63. The molecule has 41 heavy (non-hydrogen) atoms. The number of amides is 4. The SMILES string of the molecule is C[C@H]1CC/C=C\[C@@H]2C[C@@]2(C(=O)NS(=O)(=O)C2(C)CC2)NC(=O)[C@@H]2CCCN2C(=O)[C@@H](NC(=O)OC(C)(C)C)[C@H](C)C1. The molecule has 2 aliphatic carbocycles. The van der Waals surface area contributed by atoms with Gasteiger partial charge in [0.05, 0.1) is 4.75 Å². The number of nitrogens with one attached hydrogen (secondary N) is 3. The molecule has 11 nitrogen and oxygen atoms in total. The summed E-state index contributed by atoms with van der Waals surface area (Å²) in [7, 11) is -3.89. The van der Waals surface area contributed by atoms with Crippen molar-refractivity contribution in [1.82, 2.24) is 20.3 Å². The Morgan fingerprint density at radius 1 is 1.15 bits per heavy atom. The molecule has 4 rings (SSSR count). The summed E-state index contributed by atoms with van der Waals surface area (Å²) in [5, 5.41) is 5.63. The van der Waals surface area contributed by atoms with Crippen LogP contribution >= 0.6 is 0 Å². The smallest absolute Gasteiger partial charge is 0.408 e. The molecular weight excluding hydrogens is 548 g/mol. The van der Waals surface area contributed by atoms with Crippen molar-refractivity contribution in [3.05, 3.63) is 12.2 Å². The largest absolute Gasteiger partial charge is 0.444 e. The Morgan fingerprint density at radius 2 is 1.83 bits per heavy atom. The van der Waals surface area contributed by atoms with Gasteiger partial charge in [-0.15, -0.1) is 0 Å². The van der Waals surface area contributed by atoms with E-state index in [0.717, 1.165) is 12.8 Å². The number of sulfonamides is 1. The molecule has 230 valence electrons. The fourth-order valence-electron chi connectivity index (χ4n) is 5.96. The molecule has 0 aromatic carbocycles. The van der Waals surface area contributed by atoms with E-state index < -0.39 is 55.9 Å². The number of hydrogen-bond donors (Lipinski definition) is 3.